The van der Waals surface area contributed by atoms with Crippen LogP contribution in [0.1, 0.15) is 10.4 Å². The van der Waals surface area contributed by atoms with Crippen molar-refractivity contribution >= 4 is 11.6 Å². The Morgan fingerprint density at radius 1 is 1.20 bits per heavy atom. The Labute approximate surface area is 115 Å². The van der Waals surface area contributed by atoms with Crippen molar-refractivity contribution in [3.05, 3.63) is 60.7 Å². The van der Waals surface area contributed by atoms with Gasteiger partial charge in [-0.2, -0.15) is 10.2 Å². The van der Waals surface area contributed by atoms with Gasteiger partial charge in [0.15, 0.2) is 0 Å². The van der Waals surface area contributed by atoms with Gasteiger partial charge in [-0.05, 0) is 30.3 Å². The van der Waals surface area contributed by atoms with E-state index < -0.39 is 0 Å². The Balaban J connectivity index is 1.74. The Bertz CT molecular complexity index is 712. The van der Waals surface area contributed by atoms with Crippen molar-refractivity contribution in [1.82, 2.24) is 19.6 Å². The zero-order valence-electron chi connectivity index (χ0n) is 10.9. The standard InChI is InChI=1S/C14H13N5O/c1-18-10-11(9-16-18)14(20)17-12-3-5-13(6-4-12)19-8-2-7-15-19/h2-10H,1H3,(H,17,20). The van der Waals surface area contributed by atoms with Crippen molar-refractivity contribution in [2.45, 2.75) is 0 Å². The molecular weight excluding hydrogens is 254 g/mol. The third-order valence-electron chi connectivity index (χ3n) is 2.86. The highest BCUT2D eigenvalue weighted by molar-refractivity contribution is 6.03. The highest BCUT2D eigenvalue weighted by Gasteiger charge is 2.08. The molecule has 0 aliphatic rings. The van der Waals surface area contributed by atoms with Crippen molar-refractivity contribution in [2.75, 3.05) is 5.32 Å². The summed E-state index contributed by atoms with van der Waals surface area (Å²) in [7, 11) is 1.77. The van der Waals surface area contributed by atoms with Crippen LogP contribution in [0.4, 0.5) is 5.69 Å². The summed E-state index contributed by atoms with van der Waals surface area (Å²) in [4.78, 5) is 12.0. The van der Waals surface area contributed by atoms with Gasteiger partial charge >= 0.3 is 0 Å². The molecule has 3 aromatic rings. The summed E-state index contributed by atoms with van der Waals surface area (Å²) in [6.07, 6.45) is 6.79. The number of rotatable bonds is 3. The van der Waals surface area contributed by atoms with Gasteiger partial charge in [0.1, 0.15) is 0 Å². The number of benzene rings is 1. The lowest BCUT2D eigenvalue weighted by atomic mass is 10.2. The first-order valence-electron chi connectivity index (χ1n) is 6.12. The van der Waals surface area contributed by atoms with E-state index in [9.17, 15) is 4.79 Å². The molecule has 0 bridgehead atoms. The monoisotopic (exact) mass is 267 g/mol. The second-order valence-electron chi connectivity index (χ2n) is 4.35. The number of anilines is 1. The molecule has 2 aromatic heterocycles. The summed E-state index contributed by atoms with van der Waals surface area (Å²) < 4.78 is 3.35. The van der Waals surface area contributed by atoms with Crippen LogP contribution in [0, 0.1) is 0 Å². The summed E-state index contributed by atoms with van der Waals surface area (Å²) in [6, 6.07) is 9.33. The molecule has 0 saturated carbocycles. The number of nitrogens with zero attached hydrogens (tertiary/aromatic N) is 4. The number of hydrogen-bond donors (Lipinski definition) is 1. The molecule has 6 heteroatoms. The molecule has 1 aromatic carbocycles. The van der Waals surface area contributed by atoms with Crippen LogP contribution in [0.5, 0.6) is 0 Å². The molecule has 0 aliphatic heterocycles. The minimum absolute atomic E-state index is 0.176. The van der Waals surface area contributed by atoms with Gasteiger partial charge in [0, 0.05) is 31.3 Å². The van der Waals surface area contributed by atoms with Gasteiger partial charge in [-0.25, -0.2) is 4.68 Å². The number of aromatic nitrogens is 4. The summed E-state index contributed by atoms with van der Waals surface area (Å²) in [5.74, 6) is -0.176. The number of carbonyl (C=O) groups excluding carboxylic acids is 1. The summed E-state index contributed by atoms with van der Waals surface area (Å²) >= 11 is 0. The zero-order chi connectivity index (χ0) is 13.9. The van der Waals surface area contributed by atoms with Crippen molar-refractivity contribution < 1.29 is 4.79 Å². The van der Waals surface area contributed by atoms with E-state index in [-0.39, 0.29) is 5.91 Å². The predicted molar refractivity (Wildman–Crippen MR) is 74.7 cm³/mol. The van der Waals surface area contributed by atoms with Crippen LogP contribution in [0.15, 0.2) is 55.1 Å². The maximum absolute atomic E-state index is 12.0. The molecule has 20 heavy (non-hydrogen) atoms. The van der Waals surface area contributed by atoms with E-state index in [2.05, 4.69) is 15.5 Å². The van der Waals surface area contributed by atoms with Gasteiger partial charge in [0.2, 0.25) is 0 Å². The lowest BCUT2D eigenvalue weighted by Gasteiger charge is -2.05. The number of hydrogen-bond acceptors (Lipinski definition) is 3. The fourth-order valence-electron chi connectivity index (χ4n) is 1.86. The Morgan fingerprint density at radius 3 is 2.60 bits per heavy atom. The number of aryl methyl sites for hydroxylation is 1. The van der Waals surface area contributed by atoms with Crippen LogP contribution < -0.4 is 5.32 Å². The highest BCUT2D eigenvalue weighted by Crippen LogP contribution is 2.13. The van der Waals surface area contributed by atoms with Crippen LogP contribution in [0.2, 0.25) is 0 Å². The first kappa shape index (κ1) is 12.2. The van der Waals surface area contributed by atoms with Crippen molar-refractivity contribution in [3.8, 4) is 5.69 Å². The Morgan fingerprint density at radius 2 is 2.00 bits per heavy atom. The molecule has 3 rings (SSSR count). The lowest BCUT2D eigenvalue weighted by molar-refractivity contribution is 0.102. The third-order valence-corrected chi connectivity index (χ3v) is 2.86. The molecule has 0 aliphatic carbocycles. The smallest absolute Gasteiger partial charge is 0.258 e. The third kappa shape index (κ3) is 2.44. The van der Waals surface area contributed by atoms with Crippen LogP contribution in [-0.4, -0.2) is 25.5 Å². The van der Waals surface area contributed by atoms with Gasteiger partial charge in [-0.3, -0.25) is 9.48 Å². The highest BCUT2D eigenvalue weighted by atomic mass is 16.1. The number of nitrogens with one attached hydrogen (secondary N) is 1. The minimum Gasteiger partial charge on any atom is -0.322 e. The molecular formula is C14H13N5O. The van der Waals surface area contributed by atoms with E-state index in [4.69, 9.17) is 0 Å². The zero-order valence-corrected chi connectivity index (χ0v) is 10.9. The van der Waals surface area contributed by atoms with Gasteiger partial charge < -0.3 is 5.32 Å². The Hall–Kier alpha value is -2.89. The van der Waals surface area contributed by atoms with Gasteiger partial charge in [-0.1, -0.05) is 0 Å². The van der Waals surface area contributed by atoms with Crippen LogP contribution in [0.3, 0.4) is 0 Å². The maximum atomic E-state index is 12.0. The second-order valence-corrected chi connectivity index (χ2v) is 4.35. The van der Waals surface area contributed by atoms with E-state index in [0.717, 1.165) is 11.4 Å². The fraction of sp³-hybridized carbons (Fsp3) is 0.0714. The molecule has 6 nitrogen and oxygen atoms in total. The topological polar surface area (TPSA) is 64.7 Å². The van der Waals surface area contributed by atoms with E-state index in [1.165, 1.54) is 6.20 Å². The molecule has 0 fully saturated rings. The quantitative estimate of drug-likeness (QED) is 0.787. The van der Waals surface area contributed by atoms with E-state index >= 15 is 0 Å². The van der Waals surface area contributed by atoms with Gasteiger partial charge in [0.25, 0.3) is 5.91 Å². The molecule has 1 N–H and O–H groups in total. The summed E-state index contributed by atoms with van der Waals surface area (Å²) in [5, 5.41) is 10.9. The van der Waals surface area contributed by atoms with Gasteiger partial charge in [-0.15, -0.1) is 0 Å². The molecule has 0 atom stereocenters. The molecule has 0 radical (unpaired) electrons. The normalized spacial score (nSPS) is 10.4. The molecule has 1 amide bonds. The van der Waals surface area contributed by atoms with E-state index in [1.54, 1.807) is 28.8 Å². The van der Waals surface area contributed by atoms with E-state index in [1.807, 2.05) is 36.5 Å². The number of amides is 1. The number of carbonyl (C=O) groups is 1. The largest absolute Gasteiger partial charge is 0.322 e. The molecule has 0 spiro atoms. The van der Waals surface area contributed by atoms with Crippen molar-refractivity contribution in [1.29, 1.82) is 0 Å². The van der Waals surface area contributed by atoms with Crippen molar-refractivity contribution in [2.24, 2.45) is 7.05 Å². The van der Waals surface area contributed by atoms with E-state index in [0.29, 0.717) is 5.56 Å². The summed E-state index contributed by atoms with van der Waals surface area (Å²) in [6.45, 7) is 0. The SMILES string of the molecule is Cn1cc(C(=O)Nc2ccc(-n3cccn3)cc2)cn1. The molecule has 0 saturated heterocycles. The average Bonchev–Trinajstić information content (AvgIpc) is 3.10. The van der Waals surface area contributed by atoms with Gasteiger partial charge in [0.05, 0.1) is 17.4 Å². The first-order chi connectivity index (χ1) is 9.72. The minimum atomic E-state index is -0.176. The summed E-state index contributed by atoms with van der Waals surface area (Å²) in [5.41, 5.74) is 2.20. The first-order valence-corrected chi connectivity index (χ1v) is 6.12. The van der Waals surface area contributed by atoms with Crippen LogP contribution in [0.25, 0.3) is 5.69 Å². The molecule has 0 unspecified atom stereocenters. The maximum Gasteiger partial charge on any atom is 0.258 e. The van der Waals surface area contributed by atoms with Crippen LogP contribution in [-0.2, 0) is 7.05 Å². The molecule has 100 valence electrons. The average molecular weight is 267 g/mol. The Kier molecular flexibility index (Phi) is 3.04. The van der Waals surface area contributed by atoms with Crippen LogP contribution >= 0.6 is 0 Å². The lowest BCUT2D eigenvalue weighted by Crippen LogP contribution is -2.11. The fourth-order valence-corrected chi connectivity index (χ4v) is 1.86. The van der Waals surface area contributed by atoms with Crippen molar-refractivity contribution in [3.63, 3.8) is 0 Å². The predicted octanol–water partition coefficient (Wildman–Crippen LogP) is 1.86. The second kappa shape index (κ2) is 5.00. The molecule has 2 heterocycles.